The standard InChI is InChI=1S/C16H20ClO3/c1-3-4-5-6-7-8-9-12-15(19)13(10-18)11(2)14(17)16(12)20/h7-8,10,19-20H,1,3-6,9H2,2H3/b8-7+. The first kappa shape index (κ1) is 16.6. The Kier molecular flexibility index (Phi) is 6.59. The van der Waals surface area contributed by atoms with Crippen molar-refractivity contribution < 1.29 is 15.0 Å². The number of halogens is 1. The summed E-state index contributed by atoms with van der Waals surface area (Å²) in [5.74, 6) is -0.350. The van der Waals surface area contributed by atoms with Crippen LogP contribution in [-0.2, 0) is 6.42 Å². The third kappa shape index (κ3) is 3.76. The third-order valence-electron chi connectivity index (χ3n) is 3.25. The van der Waals surface area contributed by atoms with Gasteiger partial charge in [-0.25, -0.2) is 0 Å². The summed E-state index contributed by atoms with van der Waals surface area (Å²) < 4.78 is 0. The molecular weight excluding hydrogens is 276 g/mol. The first-order valence-corrected chi connectivity index (χ1v) is 7.04. The predicted octanol–water partition coefficient (Wildman–Crippen LogP) is 4.37. The van der Waals surface area contributed by atoms with Gasteiger partial charge in [0.1, 0.15) is 11.5 Å². The van der Waals surface area contributed by atoms with Crippen LogP contribution in [0.3, 0.4) is 0 Å². The Bertz CT molecular complexity index is 507. The van der Waals surface area contributed by atoms with E-state index >= 15 is 0 Å². The topological polar surface area (TPSA) is 57.5 Å². The summed E-state index contributed by atoms with van der Waals surface area (Å²) in [5.41, 5.74) is 0.809. The van der Waals surface area contributed by atoms with E-state index in [1.165, 1.54) is 0 Å². The van der Waals surface area contributed by atoms with E-state index in [1.807, 2.05) is 12.2 Å². The van der Waals surface area contributed by atoms with Crippen LogP contribution in [0.25, 0.3) is 0 Å². The highest BCUT2D eigenvalue weighted by Crippen LogP contribution is 2.40. The molecule has 0 aliphatic heterocycles. The zero-order valence-corrected chi connectivity index (χ0v) is 12.4. The Hall–Kier alpha value is -1.48. The number of allylic oxidation sites excluding steroid dienone is 2. The average molecular weight is 296 g/mol. The quantitative estimate of drug-likeness (QED) is 0.446. The van der Waals surface area contributed by atoms with Gasteiger partial charge in [0.25, 0.3) is 0 Å². The minimum atomic E-state index is -0.193. The molecule has 1 aromatic rings. The minimum Gasteiger partial charge on any atom is -0.507 e. The molecule has 1 rings (SSSR count). The molecule has 0 fully saturated rings. The van der Waals surface area contributed by atoms with Crippen LogP contribution in [0.15, 0.2) is 12.2 Å². The molecule has 20 heavy (non-hydrogen) atoms. The van der Waals surface area contributed by atoms with Crippen molar-refractivity contribution in [3.8, 4) is 11.5 Å². The van der Waals surface area contributed by atoms with Crippen molar-refractivity contribution in [1.29, 1.82) is 0 Å². The van der Waals surface area contributed by atoms with E-state index in [-0.39, 0.29) is 27.6 Å². The summed E-state index contributed by atoms with van der Waals surface area (Å²) >= 11 is 5.97. The number of aldehydes is 1. The van der Waals surface area contributed by atoms with Crippen LogP contribution in [0.5, 0.6) is 11.5 Å². The SMILES string of the molecule is [CH2]CCCC/C=C/Cc1c(O)c(Cl)c(C)c(C=O)c1O. The molecule has 109 valence electrons. The monoisotopic (exact) mass is 295 g/mol. The van der Waals surface area contributed by atoms with Crippen molar-refractivity contribution in [2.75, 3.05) is 0 Å². The second-order valence-corrected chi connectivity index (χ2v) is 5.05. The fraction of sp³-hybridized carbons (Fsp3) is 0.375. The molecule has 0 heterocycles. The van der Waals surface area contributed by atoms with Crippen molar-refractivity contribution >= 4 is 17.9 Å². The molecule has 1 aromatic carbocycles. The van der Waals surface area contributed by atoms with Gasteiger partial charge >= 0.3 is 0 Å². The summed E-state index contributed by atoms with van der Waals surface area (Å²) in [6.07, 6.45) is 8.73. The number of carbonyl (C=O) groups excluding carboxylic acids is 1. The van der Waals surface area contributed by atoms with E-state index in [0.717, 1.165) is 25.7 Å². The molecule has 0 saturated heterocycles. The van der Waals surface area contributed by atoms with Crippen LogP contribution in [0.1, 0.15) is 47.2 Å². The number of hydrogen-bond donors (Lipinski definition) is 2. The second kappa shape index (κ2) is 7.95. The molecule has 0 spiro atoms. The van der Waals surface area contributed by atoms with Gasteiger partial charge in [-0.15, -0.1) is 0 Å². The maximum atomic E-state index is 11.0. The first-order valence-electron chi connectivity index (χ1n) is 6.66. The molecule has 0 aliphatic rings. The largest absolute Gasteiger partial charge is 0.507 e. The van der Waals surface area contributed by atoms with Crippen molar-refractivity contribution in [3.63, 3.8) is 0 Å². The molecule has 0 atom stereocenters. The molecule has 1 radical (unpaired) electrons. The lowest BCUT2D eigenvalue weighted by Crippen LogP contribution is -1.95. The van der Waals surface area contributed by atoms with E-state index in [0.29, 0.717) is 18.3 Å². The van der Waals surface area contributed by atoms with Gasteiger partial charge in [0.2, 0.25) is 0 Å². The van der Waals surface area contributed by atoms with Gasteiger partial charge < -0.3 is 10.2 Å². The molecule has 0 amide bonds. The summed E-state index contributed by atoms with van der Waals surface area (Å²) in [4.78, 5) is 11.0. The first-order chi connectivity index (χ1) is 9.54. The lowest BCUT2D eigenvalue weighted by atomic mass is 10.00. The molecule has 4 heteroatoms. The Labute approximate surface area is 124 Å². The highest BCUT2D eigenvalue weighted by molar-refractivity contribution is 6.33. The van der Waals surface area contributed by atoms with E-state index in [4.69, 9.17) is 11.6 Å². The van der Waals surface area contributed by atoms with E-state index < -0.39 is 0 Å². The summed E-state index contributed by atoms with van der Waals surface area (Å²) in [6.45, 7) is 5.36. The maximum Gasteiger partial charge on any atom is 0.154 e. The fourth-order valence-electron chi connectivity index (χ4n) is 1.98. The molecule has 0 unspecified atom stereocenters. The Morgan fingerprint density at radius 2 is 1.90 bits per heavy atom. The van der Waals surface area contributed by atoms with Gasteiger partial charge in [-0.05, 0) is 31.7 Å². The number of unbranched alkanes of at least 4 members (excludes halogenated alkanes) is 3. The molecule has 3 nitrogen and oxygen atoms in total. The molecule has 0 saturated carbocycles. The summed E-state index contributed by atoms with van der Waals surface area (Å²) in [6, 6.07) is 0. The number of carbonyl (C=O) groups is 1. The van der Waals surface area contributed by atoms with Crippen LogP contribution in [0.4, 0.5) is 0 Å². The normalized spacial score (nSPS) is 11.2. The number of benzene rings is 1. The highest BCUT2D eigenvalue weighted by atomic mass is 35.5. The zero-order chi connectivity index (χ0) is 15.1. The predicted molar refractivity (Wildman–Crippen MR) is 81.6 cm³/mol. The number of phenols is 2. The van der Waals surface area contributed by atoms with E-state index in [9.17, 15) is 15.0 Å². The summed E-state index contributed by atoms with van der Waals surface area (Å²) in [5, 5.41) is 20.1. The zero-order valence-electron chi connectivity index (χ0n) is 11.7. The van der Waals surface area contributed by atoms with Crippen molar-refractivity contribution in [3.05, 3.63) is 40.8 Å². The van der Waals surface area contributed by atoms with Crippen LogP contribution in [0, 0.1) is 13.8 Å². The van der Waals surface area contributed by atoms with Gasteiger partial charge in [0, 0.05) is 5.56 Å². The number of rotatable bonds is 7. The Balaban J connectivity index is 2.90. The number of phenolic OH excluding ortho intramolecular Hbond substituents is 2. The van der Waals surface area contributed by atoms with Crippen LogP contribution in [-0.4, -0.2) is 16.5 Å². The van der Waals surface area contributed by atoms with Gasteiger partial charge in [-0.1, -0.05) is 43.5 Å². The van der Waals surface area contributed by atoms with Crippen LogP contribution >= 0.6 is 11.6 Å². The van der Waals surface area contributed by atoms with Gasteiger partial charge in [-0.2, -0.15) is 0 Å². The smallest absolute Gasteiger partial charge is 0.154 e. The van der Waals surface area contributed by atoms with Crippen molar-refractivity contribution in [1.82, 2.24) is 0 Å². The van der Waals surface area contributed by atoms with Gasteiger partial charge in [-0.3, -0.25) is 4.79 Å². The van der Waals surface area contributed by atoms with Gasteiger partial charge in [0.15, 0.2) is 6.29 Å². The van der Waals surface area contributed by atoms with Crippen molar-refractivity contribution in [2.45, 2.75) is 39.0 Å². The third-order valence-corrected chi connectivity index (χ3v) is 3.71. The molecule has 2 N–H and O–H groups in total. The molecular formula is C16H20ClO3. The molecule has 0 aromatic heterocycles. The van der Waals surface area contributed by atoms with E-state index in [2.05, 4.69) is 6.92 Å². The Morgan fingerprint density at radius 1 is 1.20 bits per heavy atom. The van der Waals surface area contributed by atoms with Crippen LogP contribution < -0.4 is 0 Å². The van der Waals surface area contributed by atoms with Crippen molar-refractivity contribution in [2.24, 2.45) is 0 Å². The van der Waals surface area contributed by atoms with Crippen LogP contribution in [0.2, 0.25) is 5.02 Å². The minimum absolute atomic E-state index is 0.116. The molecule has 0 aliphatic carbocycles. The fourth-order valence-corrected chi connectivity index (χ4v) is 2.19. The van der Waals surface area contributed by atoms with Gasteiger partial charge in [0.05, 0.1) is 10.6 Å². The highest BCUT2D eigenvalue weighted by Gasteiger charge is 2.18. The number of aromatic hydroxyl groups is 2. The number of hydrogen-bond acceptors (Lipinski definition) is 3. The maximum absolute atomic E-state index is 11.0. The second-order valence-electron chi connectivity index (χ2n) is 4.67. The average Bonchev–Trinajstić information content (AvgIpc) is 2.44. The molecule has 0 bridgehead atoms. The Morgan fingerprint density at radius 3 is 2.50 bits per heavy atom. The van der Waals surface area contributed by atoms with E-state index in [1.54, 1.807) is 6.92 Å². The summed E-state index contributed by atoms with van der Waals surface area (Å²) in [7, 11) is 0. The lowest BCUT2D eigenvalue weighted by Gasteiger charge is -2.12. The lowest BCUT2D eigenvalue weighted by molar-refractivity contribution is 0.112.